The number of alkyl halides is 3. The summed E-state index contributed by atoms with van der Waals surface area (Å²) in [4.78, 5) is 14.9. The van der Waals surface area contributed by atoms with Crippen LogP contribution in [0.3, 0.4) is 0 Å². The SMILES string of the molecule is CCCn1nccc1C(=O)N1CCn2c(nnc2C(F)(F)F)C1c1ccccc1. The summed E-state index contributed by atoms with van der Waals surface area (Å²) in [5.41, 5.74) is 1.07. The quantitative estimate of drug-likeness (QED) is 0.670. The highest BCUT2D eigenvalue weighted by Crippen LogP contribution is 2.36. The Bertz CT molecular complexity index is 1010. The Morgan fingerprint density at radius 1 is 1.14 bits per heavy atom. The van der Waals surface area contributed by atoms with Gasteiger partial charge in [-0.1, -0.05) is 37.3 Å². The van der Waals surface area contributed by atoms with Gasteiger partial charge in [-0.05, 0) is 18.1 Å². The van der Waals surface area contributed by atoms with Gasteiger partial charge in [-0.15, -0.1) is 10.2 Å². The van der Waals surface area contributed by atoms with Gasteiger partial charge in [0, 0.05) is 25.8 Å². The molecule has 0 spiro atoms. The lowest BCUT2D eigenvalue weighted by molar-refractivity contribution is -0.148. The molecule has 0 aliphatic carbocycles. The number of aromatic nitrogens is 5. The molecular formula is C19H19F3N6O. The number of amides is 1. The molecule has 29 heavy (non-hydrogen) atoms. The van der Waals surface area contributed by atoms with Crippen molar-refractivity contribution in [2.45, 2.75) is 38.7 Å². The fourth-order valence-electron chi connectivity index (χ4n) is 3.66. The van der Waals surface area contributed by atoms with Crippen molar-refractivity contribution in [1.29, 1.82) is 0 Å². The summed E-state index contributed by atoms with van der Waals surface area (Å²) in [5, 5.41) is 11.4. The van der Waals surface area contributed by atoms with E-state index in [4.69, 9.17) is 0 Å². The second-order valence-electron chi connectivity index (χ2n) is 6.78. The lowest BCUT2D eigenvalue weighted by Gasteiger charge is -2.36. The van der Waals surface area contributed by atoms with Gasteiger partial charge >= 0.3 is 6.18 Å². The largest absolute Gasteiger partial charge is 0.451 e. The number of fused-ring (bicyclic) bond motifs is 1. The number of carbonyl (C=O) groups excluding carboxylic acids is 1. The molecule has 1 unspecified atom stereocenters. The van der Waals surface area contributed by atoms with Gasteiger partial charge in [-0.2, -0.15) is 18.3 Å². The molecule has 7 nitrogen and oxygen atoms in total. The van der Waals surface area contributed by atoms with E-state index in [0.717, 1.165) is 11.0 Å². The zero-order valence-electron chi connectivity index (χ0n) is 15.7. The fourth-order valence-corrected chi connectivity index (χ4v) is 3.66. The molecule has 0 radical (unpaired) electrons. The van der Waals surface area contributed by atoms with Crippen molar-refractivity contribution in [3.8, 4) is 0 Å². The van der Waals surface area contributed by atoms with Crippen LogP contribution in [-0.4, -0.2) is 41.9 Å². The van der Waals surface area contributed by atoms with Crippen LogP contribution in [0.25, 0.3) is 0 Å². The summed E-state index contributed by atoms with van der Waals surface area (Å²) in [7, 11) is 0. The van der Waals surface area contributed by atoms with Gasteiger partial charge in [0.15, 0.2) is 5.82 Å². The lowest BCUT2D eigenvalue weighted by Crippen LogP contribution is -2.44. The Labute approximate surface area is 164 Å². The van der Waals surface area contributed by atoms with E-state index in [0.29, 0.717) is 17.8 Å². The first-order valence-electron chi connectivity index (χ1n) is 9.29. The molecule has 3 heterocycles. The van der Waals surface area contributed by atoms with Crippen molar-refractivity contribution in [2.24, 2.45) is 0 Å². The number of aryl methyl sites for hydroxylation is 1. The number of hydrogen-bond donors (Lipinski definition) is 0. The first-order valence-corrected chi connectivity index (χ1v) is 9.29. The van der Waals surface area contributed by atoms with Crippen molar-refractivity contribution in [2.75, 3.05) is 6.54 Å². The Morgan fingerprint density at radius 3 is 2.59 bits per heavy atom. The normalized spacial score (nSPS) is 16.7. The average Bonchev–Trinajstić information content (AvgIpc) is 3.34. The average molecular weight is 404 g/mol. The summed E-state index contributed by atoms with van der Waals surface area (Å²) < 4.78 is 42.7. The number of hydrogen-bond acceptors (Lipinski definition) is 4. The number of halogens is 3. The number of carbonyl (C=O) groups is 1. The van der Waals surface area contributed by atoms with Gasteiger partial charge in [0.1, 0.15) is 11.7 Å². The summed E-state index contributed by atoms with van der Waals surface area (Å²) >= 11 is 0. The van der Waals surface area contributed by atoms with Gasteiger partial charge in [-0.3, -0.25) is 9.48 Å². The molecule has 3 aromatic rings. The number of benzene rings is 1. The zero-order chi connectivity index (χ0) is 20.6. The highest BCUT2D eigenvalue weighted by Gasteiger charge is 2.43. The Kier molecular flexibility index (Phi) is 4.85. The zero-order valence-corrected chi connectivity index (χ0v) is 15.7. The van der Waals surface area contributed by atoms with Crippen molar-refractivity contribution in [1.82, 2.24) is 29.4 Å². The summed E-state index contributed by atoms with van der Waals surface area (Å²) in [6.45, 7) is 2.62. The van der Waals surface area contributed by atoms with Crippen LogP contribution in [0.2, 0.25) is 0 Å². The molecular weight excluding hydrogens is 385 g/mol. The van der Waals surface area contributed by atoms with E-state index in [-0.39, 0.29) is 24.8 Å². The van der Waals surface area contributed by atoms with Crippen molar-refractivity contribution < 1.29 is 18.0 Å². The first-order chi connectivity index (χ1) is 13.9. The van der Waals surface area contributed by atoms with E-state index in [1.165, 1.54) is 0 Å². The van der Waals surface area contributed by atoms with E-state index in [2.05, 4.69) is 15.3 Å². The number of nitrogens with zero attached hydrogens (tertiary/aromatic N) is 6. The van der Waals surface area contributed by atoms with Crippen molar-refractivity contribution in [3.63, 3.8) is 0 Å². The topological polar surface area (TPSA) is 68.8 Å². The Hall–Kier alpha value is -3.17. The minimum atomic E-state index is -4.61. The Morgan fingerprint density at radius 2 is 1.90 bits per heavy atom. The van der Waals surface area contributed by atoms with Gasteiger partial charge in [-0.25, -0.2) is 0 Å². The highest BCUT2D eigenvalue weighted by atomic mass is 19.4. The fraction of sp³-hybridized carbons (Fsp3) is 0.368. The Balaban J connectivity index is 1.79. The predicted octanol–water partition coefficient (Wildman–Crippen LogP) is 3.15. The van der Waals surface area contributed by atoms with Gasteiger partial charge in [0.05, 0.1) is 0 Å². The smallest absolute Gasteiger partial charge is 0.321 e. The van der Waals surface area contributed by atoms with E-state index in [1.807, 2.05) is 6.92 Å². The third-order valence-corrected chi connectivity index (χ3v) is 4.90. The molecule has 1 aliphatic rings. The first kappa shape index (κ1) is 19.2. The third kappa shape index (κ3) is 3.39. The second-order valence-corrected chi connectivity index (χ2v) is 6.78. The van der Waals surface area contributed by atoms with Gasteiger partial charge < -0.3 is 9.47 Å². The molecule has 152 valence electrons. The van der Waals surface area contributed by atoms with Crippen molar-refractivity contribution in [3.05, 3.63) is 65.5 Å². The third-order valence-electron chi connectivity index (χ3n) is 4.90. The van der Waals surface area contributed by atoms with E-state index in [1.54, 1.807) is 52.2 Å². The monoisotopic (exact) mass is 404 g/mol. The molecule has 1 atom stereocenters. The molecule has 2 aromatic heterocycles. The second kappa shape index (κ2) is 7.34. The van der Waals surface area contributed by atoms with Crippen LogP contribution >= 0.6 is 0 Å². The van der Waals surface area contributed by atoms with Gasteiger partial charge in [0.2, 0.25) is 5.82 Å². The summed E-state index contributed by atoms with van der Waals surface area (Å²) in [5.74, 6) is -1.24. The van der Waals surface area contributed by atoms with Crippen LogP contribution in [-0.2, 0) is 19.3 Å². The molecule has 0 bridgehead atoms. The van der Waals surface area contributed by atoms with E-state index in [9.17, 15) is 18.0 Å². The molecule has 0 N–H and O–H groups in total. The van der Waals surface area contributed by atoms with Crippen molar-refractivity contribution >= 4 is 5.91 Å². The standard InChI is InChI=1S/C19H19F3N6O/c1-2-10-28-14(8-9-23-28)17(29)26-11-12-27-16(24-25-18(27)19(20,21)22)15(26)13-6-4-3-5-7-13/h3-9,15H,2,10-12H2,1H3. The molecule has 1 aromatic carbocycles. The maximum absolute atomic E-state index is 13.3. The number of rotatable bonds is 4. The molecule has 1 amide bonds. The van der Waals surface area contributed by atoms with Crippen LogP contribution in [0.5, 0.6) is 0 Å². The van der Waals surface area contributed by atoms with Crippen LogP contribution < -0.4 is 0 Å². The maximum Gasteiger partial charge on any atom is 0.451 e. The lowest BCUT2D eigenvalue weighted by atomic mass is 10.0. The molecule has 0 fully saturated rings. The maximum atomic E-state index is 13.3. The minimum absolute atomic E-state index is 0.0336. The highest BCUT2D eigenvalue weighted by molar-refractivity contribution is 5.93. The molecule has 1 aliphatic heterocycles. The van der Waals surface area contributed by atoms with Gasteiger partial charge in [0.25, 0.3) is 5.91 Å². The minimum Gasteiger partial charge on any atom is -0.321 e. The molecule has 0 saturated heterocycles. The summed E-state index contributed by atoms with van der Waals surface area (Å²) in [6, 6.07) is 9.75. The molecule has 10 heteroatoms. The molecule has 4 rings (SSSR count). The predicted molar refractivity (Wildman–Crippen MR) is 96.9 cm³/mol. The van der Waals surface area contributed by atoms with Crippen LogP contribution in [0.4, 0.5) is 13.2 Å². The van der Waals surface area contributed by atoms with E-state index < -0.39 is 18.0 Å². The molecule has 0 saturated carbocycles. The van der Waals surface area contributed by atoms with Crippen LogP contribution in [0.15, 0.2) is 42.6 Å². The summed E-state index contributed by atoms with van der Waals surface area (Å²) in [6.07, 6.45) is -2.26. The van der Waals surface area contributed by atoms with Crippen LogP contribution in [0, 0.1) is 0 Å². The van der Waals surface area contributed by atoms with Crippen LogP contribution in [0.1, 0.15) is 47.1 Å². The van der Waals surface area contributed by atoms with E-state index >= 15 is 0 Å².